The number of ether oxygens (including phenoxy) is 4. The summed E-state index contributed by atoms with van der Waals surface area (Å²) in [5.74, 6) is 1.54. The minimum atomic E-state index is -0.221. The number of benzene rings is 1. The topological polar surface area (TPSA) is 133 Å². The van der Waals surface area contributed by atoms with Crippen LogP contribution in [0.25, 0.3) is 22.0 Å². The van der Waals surface area contributed by atoms with Crippen LogP contribution < -0.4 is 25.8 Å². The number of halogens is 2. The van der Waals surface area contributed by atoms with Crippen LogP contribution in [-0.2, 0) is 14.3 Å². The summed E-state index contributed by atoms with van der Waals surface area (Å²) in [6, 6.07) is 5.51. The van der Waals surface area contributed by atoms with Gasteiger partial charge in [0.1, 0.15) is 23.1 Å². The number of nitrogens with zero attached hydrogens (tertiary/aromatic N) is 3. The zero-order valence-corrected chi connectivity index (χ0v) is 25.5. The normalized spacial score (nSPS) is 22.4. The van der Waals surface area contributed by atoms with E-state index in [1.54, 1.807) is 6.07 Å². The van der Waals surface area contributed by atoms with Gasteiger partial charge >= 0.3 is 0 Å². The van der Waals surface area contributed by atoms with Crippen LogP contribution in [0.4, 0.5) is 11.6 Å². The van der Waals surface area contributed by atoms with E-state index in [4.69, 9.17) is 57.9 Å². The van der Waals surface area contributed by atoms with Crippen LogP contribution in [0.1, 0.15) is 18.0 Å². The number of pyridine rings is 2. The number of carbonyl (C=O) groups excluding carboxylic acids is 1. The molecule has 0 saturated carbocycles. The van der Waals surface area contributed by atoms with Crippen LogP contribution in [0, 0.1) is 0 Å². The molecule has 1 aromatic carbocycles. The third-order valence-corrected chi connectivity index (χ3v) is 9.11. The minimum Gasteiger partial charge on any atom is -0.495 e. The molecule has 3 aliphatic rings. The quantitative estimate of drug-likeness (QED) is 0.300. The fourth-order valence-electron chi connectivity index (χ4n) is 5.96. The van der Waals surface area contributed by atoms with E-state index in [0.717, 1.165) is 17.5 Å². The van der Waals surface area contributed by atoms with Crippen LogP contribution in [0.2, 0.25) is 10.0 Å². The highest BCUT2D eigenvalue weighted by atomic mass is 35.5. The van der Waals surface area contributed by atoms with Gasteiger partial charge in [-0.1, -0.05) is 29.8 Å². The highest BCUT2D eigenvalue weighted by Crippen LogP contribution is 2.47. The van der Waals surface area contributed by atoms with Crippen LogP contribution in [0.5, 0.6) is 11.5 Å². The maximum atomic E-state index is 12.2. The van der Waals surface area contributed by atoms with Gasteiger partial charge in [0.15, 0.2) is 0 Å². The number of fused-ring (bicyclic) bond motifs is 1. The molecule has 4 N–H and O–H groups in total. The standard InChI is InChI=1S/C30H34Cl2N6O5/c1-4-25(39)35-21-11-38(16-13-43-14-16)10-20(21)34-24-8-17-18(30(33)37-24)7-19(36-29(17)15-5-6-42-12-15)26-27(31)22(40-2)9-23(41-3)28(26)32/h4,7-9,15-16,20-21H,1,5-6,10-14H2,2-3H3,(H,35,39)(H3,33,34,37)/t15?,20-,21+/m1/s1. The molecule has 3 aromatic rings. The van der Waals surface area contributed by atoms with Crippen molar-refractivity contribution in [3.63, 3.8) is 0 Å². The molecule has 0 radical (unpaired) electrons. The Hall–Kier alpha value is -3.35. The van der Waals surface area contributed by atoms with E-state index in [9.17, 15) is 4.79 Å². The van der Waals surface area contributed by atoms with Gasteiger partial charge in [-0.25, -0.2) is 4.98 Å². The number of nitrogens with two attached hydrogens (primary N) is 1. The van der Waals surface area contributed by atoms with Crippen LogP contribution in [-0.4, -0.2) is 92.6 Å². The van der Waals surface area contributed by atoms with Crippen molar-refractivity contribution in [3.8, 4) is 22.8 Å². The minimum absolute atomic E-state index is 0.0300. The summed E-state index contributed by atoms with van der Waals surface area (Å²) in [6.45, 7) is 7.53. The van der Waals surface area contributed by atoms with Gasteiger partial charge in [0.05, 0.1) is 73.6 Å². The van der Waals surface area contributed by atoms with Gasteiger partial charge in [-0.15, -0.1) is 0 Å². The first kappa shape index (κ1) is 29.7. The lowest BCUT2D eigenvalue weighted by molar-refractivity contribution is -0.117. The van der Waals surface area contributed by atoms with Crippen molar-refractivity contribution in [1.29, 1.82) is 0 Å². The van der Waals surface area contributed by atoms with Crippen LogP contribution in [0.3, 0.4) is 0 Å². The van der Waals surface area contributed by atoms with Crippen molar-refractivity contribution in [1.82, 2.24) is 20.2 Å². The molecular weight excluding hydrogens is 595 g/mol. The maximum Gasteiger partial charge on any atom is 0.243 e. The number of rotatable bonds is 9. The van der Waals surface area contributed by atoms with Crippen molar-refractivity contribution in [2.75, 3.05) is 64.8 Å². The molecular formula is C30H34Cl2N6O5. The van der Waals surface area contributed by atoms with E-state index in [1.807, 2.05) is 12.1 Å². The molecule has 43 heavy (non-hydrogen) atoms. The van der Waals surface area contributed by atoms with Gasteiger partial charge in [0.2, 0.25) is 5.91 Å². The number of nitrogens with one attached hydrogen (secondary N) is 2. The predicted molar refractivity (Wildman–Crippen MR) is 166 cm³/mol. The second-order valence-electron chi connectivity index (χ2n) is 10.9. The van der Waals surface area contributed by atoms with E-state index in [0.29, 0.717) is 95.4 Å². The third-order valence-electron chi connectivity index (χ3n) is 8.36. The summed E-state index contributed by atoms with van der Waals surface area (Å²) in [5, 5.41) is 8.79. The van der Waals surface area contributed by atoms with Gasteiger partial charge in [-0.05, 0) is 24.6 Å². The monoisotopic (exact) mass is 628 g/mol. The van der Waals surface area contributed by atoms with Gasteiger partial charge in [0, 0.05) is 48.0 Å². The molecule has 3 aliphatic heterocycles. The second-order valence-corrected chi connectivity index (χ2v) is 11.7. The number of hydrogen-bond donors (Lipinski definition) is 3. The summed E-state index contributed by atoms with van der Waals surface area (Å²) in [6.07, 6.45) is 2.09. The maximum absolute atomic E-state index is 12.2. The summed E-state index contributed by atoms with van der Waals surface area (Å²) in [7, 11) is 3.06. The Morgan fingerprint density at radius 2 is 1.77 bits per heavy atom. The molecule has 0 bridgehead atoms. The molecule has 0 spiro atoms. The largest absolute Gasteiger partial charge is 0.495 e. The molecule has 5 heterocycles. The summed E-state index contributed by atoms with van der Waals surface area (Å²) in [5.41, 5.74) is 8.46. The Balaban J connectivity index is 1.42. The molecule has 228 valence electrons. The molecule has 6 rings (SSSR count). The molecule has 3 fully saturated rings. The number of carbonyl (C=O) groups is 1. The molecule has 13 heteroatoms. The zero-order chi connectivity index (χ0) is 30.2. The first-order chi connectivity index (χ1) is 20.8. The number of nitrogen functional groups attached to an aromatic ring is 1. The van der Waals surface area contributed by atoms with Gasteiger partial charge in [-0.2, -0.15) is 0 Å². The number of likely N-dealkylation sites (tertiary alicyclic amines) is 1. The number of amides is 1. The molecule has 1 amide bonds. The lowest BCUT2D eigenvalue weighted by Gasteiger charge is -2.34. The first-order valence-corrected chi connectivity index (χ1v) is 14.9. The number of aromatic nitrogens is 2. The van der Waals surface area contributed by atoms with Gasteiger partial charge in [-0.3, -0.25) is 14.7 Å². The van der Waals surface area contributed by atoms with E-state index in [-0.39, 0.29) is 23.9 Å². The summed E-state index contributed by atoms with van der Waals surface area (Å²) < 4.78 is 22.1. The highest BCUT2D eigenvalue weighted by Gasteiger charge is 2.39. The second kappa shape index (κ2) is 12.3. The Morgan fingerprint density at radius 3 is 2.37 bits per heavy atom. The molecule has 2 aromatic heterocycles. The van der Waals surface area contributed by atoms with Crippen LogP contribution >= 0.6 is 23.2 Å². The van der Waals surface area contributed by atoms with Crippen molar-refractivity contribution in [2.24, 2.45) is 0 Å². The third kappa shape index (κ3) is 5.67. The molecule has 0 aliphatic carbocycles. The Labute approximate surface area is 259 Å². The molecule has 1 unspecified atom stereocenters. The first-order valence-electron chi connectivity index (χ1n) is 14.1. The molecule has 3 atom stereocenters. The molecule has 3 saturated heterocycles. The lowest BCUT2D eigenvalue weighted by atomic mass is 9.96. The van der Waals surface area contributed by atoms with Crippen molar-refractivity contribution in [2.45, 2.75) is 30.5 Å². The van der Waals surface area contributed by atoms with Crippen molar-refractivity contribution < 1.29 is 23.7 Å². The average molecular weight is 630 g/mol. The van der Waals surface area contributed by atoms with E-state index in [2.05, 4.69) is 22.1 Å². The smallest absolute Gasteiger partial charge is 0.243 e. The SMILES string of the molecule is C=CC(=O)N[C@H]1CN(C2COC2)C[C@H]1Nc1cc2c(C3CCOC3)nc(-c3c(Cl)c(OC)cc(OC)c3Cl)cc2c(N)n1. The van der Waals surface area contributed by atoms with E-state index >= 15 is 0 Å². The van der Waals surface area contributed by atoms with Gasteiger partial charge in [0.25, 0.3) is 0 Å². The number of hydrogen-bond acceptors (Lipinski definition) is 10. The average Bonchev–Trinajstić information content (AvgIpc) is 3.63. The van der Waals surface area contributed by atoms with Crippen molar-refractivity contribution >= 4 is 51.5 Å². The van der Waals surface area contributed by atoms with E-state index in [1.165, 1.54) is 20.3 Å². The summed E-state index contributed by atoms with van der Waals surface area (Å²) in [4.78, 5) is 24.4. The van der Waals surface area contributed by atoms with Crippen molar-refractivity contribution in [3.05, 3.63) is 46.6 Å². The number of methoxy groups -OCH3 is 2. The lowest BCUT2D eigenvalue weighted by Crippen LogP contribution is -2.49. The predicted octanol–water partition coefficient (Wildman–Crippen LogP) is 3.87. The fourth-order valence-corrected chi connectivity index (χ4v) is 6.66. The van der Waals surface area contributed by atoms with Crippen LogP contribution in [0.15, 0.2) is 30.9 Å². The Bertz CT molecular complexity index is 1530. The van der Waals surface area contributed by atoms with Gasteiger partial charge < -0.3 is 35.3 Å². The van der Waals surface area contributed by atoms with E-state index < -0.39 is 0 Å². The fraction of sp³-hybridized carbons (Fsp3) is 0.433. The zero-order valence-electron chi connectivity index (χ0n) is 24.0. The summed E-state index contributed by atoms with van der Waals surface area (Å²) >= 11 is 13.6. The number of anilines is 2. The Morgan fingerprint density at radius 1 is 1.05 bits per heavy atom. The molecule has 11 nitrogen and oxygen atoms in total. The highest BCUT2D eigenvalue weighted by molar-refractivity contribution is 6.41. The Kier molecular flexibility index (Phi) is 8.52.